The van der Waals surface area contributed by atoms with E-state index in [-0.39, 0.29) is 6.10 Å². The van der Waals surface area contributed by atoms with Crippen molar-refractivity contribution in [2.24, 2.45) is 0 Å². The molecule has 0 aliphatic carbocycles. The molecule has 1 heterocycles. The average Bonchev–Trinajstić information content (AvgIpc) is 2.15. The molecule has 84 valence electrons. The maximum absolute atomic E-state index is 9.17. The van der Waals surface area contributed by atoms with Gasteiger partial charge >= 0.3 is 0 Å². The smallest absolute Gasteiger partial charge is 0.0547 e. The van der Waals surface area contributed by atoms with Crippen molar-refractivity contribution < 1.29 is 5.11 Å². The zero-order valence-electron chi connectivity index (χ0n) is 9.77. The Morgan fingerprint density at radius 1 is 1.47 bits per heavy atom. The van der Waals surface area contributed by atoms with Crippen molar-refractivity contribution in [1.82, 2.24) is 9.88 Å². The molecule has 0 aliphatic heterocycles. The molecule has 1 aromatic heterocycles. The molecule has 1 atom stereocenters. The van der Waals surface area contributed by atoms with E-state index in [1.165, 1.54) is 0 Å². The van der Waals surface area contributed by atoms with Gasteiger partial charge in [0.25, 0.3) is 0 Å². The van der Waals surface area contributed by atoms with Crippen LogP contribution in [0.15, 0.2) is 18.2 Å². The SMILES string of the molecule is Cc1cccc(CN(C)CCC(C)O)n1. The molecule has 0 fully saturated rings. The number of aliphatic hydroxyl groups is 1. The minimum Gasteiger partial charge on any atom is -0.393 e. The summed E-state index contributed by atoms with van der Waals surface area (Å²) >= 11 is 0. The molecule has 0 bridgehead atoms. The normalized spacial score (nSPS) is 13.1. The highest BCUT2D eigenvalue weighted by molar-refractivity contribution is 5.09. The first-order chi connectivity index (χ1) is 7.08. The summed E-state index contributed by atoms with van der Waals surface area (Å²) in [5, 5.41) is 9.17. The van der Waals surface area contributed by atoms with Crippen LogP contribution < -0.4 is 0 Å². The van der Waals surface area contributed by atoms with Gasteiger partial charge in [0.2, 0.25) is 0 Å². The van der Waals surface area contributed by atoms with Crippen molar-refractivity contribution in [1.29, 1.82) is 0 Å². The van der Waals surface area contributed by atoms with Gasteiger partial charge in [0.1, 0.15) is 0 Å². The van der Waals surface area contributed by atoms with Crippen LogP contribution >= 0.6 is 0 Å². The number of hydrogen-bond donors (Lipinski definition) is 1. The topological polar surface area (TPSA) is 36.4 Å². The number of nitrogens with zero attached hydrogens (tertiary/aromatic N) is 2. The van der Waals surface area contributed by atoms with E-state index in [4.69, 9.17) is 5.11 Å². The number of aromatic nitrogens is 1. The van der Waals surface area contributed by atoms with Crippen molar-refractivity contribution in [3.63, 3.8) is 0 Å². The van der Waals surface area contributed by atoms with E-state index in [0.717, 1.165) is 30.9 Å². The van der Waals surface area contributed by atoms with Crippen molar-refractivity contribution in [2.45, 2.75) is 32.9 Å². The second kappa shape index (κ2) is 5.83. The van der Waals surface area contributed by atoms with Gasteiger partial charge in [-0.3, -0.25) is 4.98 Å². The van der Waals surface area contributed by atoms with Crippen molar-refractivity contribution >= 4 is 0 Å². The molecule has 1 unspecified atom stereocenters. The van der Waals surface area contributed by atoms with Gasteiger partial charge in [0, 0.05) is 18.8 Å². The zero-order chi connectivity index (χ0) is 11.3. The van der Waals surface area contributed by atoms with Crippen molar-refractivity contribution in [2.75, 3.05) is 13.6 Å². The van der Waals surface area contributed by atoms with Crippen LogP contribution in [0.4, 0.5) is 0 Å². The molecule has 1 N–H and O–H groups in total. The third kappa shape index (κ3) is 4.91. The minimum atomic E-state index is -0.224. The highest BCUT2D eigenvalue weighted by Crippen LogP contribution is 2.03. The van der Waals surface area contributed by atoms with Crippen LogP contribution in [0.25, 0.3) is 0 Å². The van der Waals surface area contributed by atoms with Gasteiger partial charge in [0.15, 0.2) is 0 Å². The Bertz CT molecular complexity index is 299. The predicted molar refractivity (Wildman–Crippen MR) is 61.6 cm³/mol. The number of hydrogen-bond acceptors (Lipinski definition) is 3. The number of aliphatic hydroxyl groups excluding tert-OH is 1. The second-order valence-corrected chi connectivity index (χ2v) is 4.15. The van der Waals surface area contributed by atoms with Gasteiger partial charge in [-0.15, -0.1) is 0 Å². The van der Waals surface area contributed by atoms with E-state index in [1.54, 1.807) is 0 Å². The van der Waals surface area contributed by atoms with Crippen molar-refractivity contribution in [3.8, 4) is 0 Å². The summed E-state index contributed by atoms with van der Waals surface area (Å²) < 4.78 is 0. The highest BCUT2D eigenvalue weighted by atomic mass is 16.3. The molecule has 0 saturated heterocycles. The Labute approximate surface area is 91.8 Å². The molecule has 0 radical (unpaired) electrons. The third-order valence-electron chi connectivity index (χ3n) is 2.31. The lowest BCUT2D eigenvalue weighted by atomic mass is 10.2. The standard InChI is InChI=1S/C12H20N2O/c1-10-5-4-6-12(13-10)9-14(3)8-7-11(2)15/h4-6,11,15H,7-9H2,1-3H3. The van der Waals surface area contributed by atoms with Crippen LogP contribution in [0, 0.1) is 6.92 Å². The van der Waals surface area contributed by atoms with Crippen LogP contribution in [0.5, 0.6) is 0 Å². The number of rotatable bonds is 5. The highest BCUT2D eigenvalue weighted by Gasteiger charge is 2.03. The average molecular weight is 208 g/mol. The third-order valence-corrected chi connectivity index (χ3v) is 2.31. The lowest BCUT2D eigenvalue weighted by Gasteiger charge is -2.17. The first kappa shape index (κ1) is 12.1. The maximum atomic E-state index is 9.17. The Morgan fingerprint density at radius 3 is 2.80 bits per heavy atom. The van der Waals surface area contributed by atoms with Gasteiger partial charge in [-0.05, 0) is 39.4 Å². The molecule has 0 spiro atoms. The van der Waals surface area contributed by atoms with Gasteiger partial charge in [-0.25, -0.2) is 0 Å². The Balaban J connectivity index is 2.40. The van der Waals surface area contributed by atoms with Gasteiger partial charge in [0.05, 0.1) is 11.8 Å². The summed E-state index contributed by atoms with van der Waals surface area (Å²) in [6, 6.07) is 6.06. The van der Waals surface area contributed by atoms with Crippen molar-refractivity contribution in [3.05, 3.63) is 29.6 Å². The van der Waals surface area contributed by atoms with E-state index in [2.05, 4.69) is 9.88 Å². The van der Waals surface area contributed by atoms with Crippen LogP contribution in [-0.4, -0.2) is 34.7 Å². The predicted octanol–water partition coefficient (Wildman–Crippen LogP) is 1.59. The zero-order valence-corrected chi connectivity index (χ0v) is 9.77. The molecule has 15 heavy (non-hydrogen) atoms. The van der Waals surface area contributed by atoms with Gasteiger partial charge < -0.3 is 10.0 Å². The quantitative estimate of drug-likeness (QED) is 0.798. The maximum Gasteiger partial charge on any atom is 0.0547 e. The number of pyridine rings is 1. The summed E-state index contributed by atoms with van der Waals surface area (Å²) in [6.45, 7) is 5.56. The van der Waals surface area contributed by atoms with E-state index in [0.29, 0.717) is 0 Å². The molecular weight excluding hydrogens is 188 g/mol. The lowest BCUT2D eigenvalue weighted by Crippen LogP contribution is -2.22. The monoisotopic (exact) mass is 208 g/mol. The summed E-state index contributed by atoms with van der Waals surface area (Å²) in [5.41, 5.74) is 2.14. The molecular formula is C12H20N2O. The van der Waals surface area contributed by atoms with Crippen LogP contribution in [0.1, 0.15) is 24.7 Å². The van der Waals surface area contributed by atoms with Crippen LogP contribution in [0.2, 0.25) is 0 Å². The molecule has 0 saturated carbocycles. The van der Waals surface area contributed by atoms with Crippen LogP contribution in [0.3, 0.4) is 0 Å². The molecule has 1 aromatic rings. The Kier molecular flexibility index (Phi) is 4.72. The van der Waals surface area contributed by atoms with E-state index < -0.39 is 0 Å². The molecule has 0 amide bonds. The Hall–Kier alpha value is -0.930. The van der Waals surface area contributed by atoms with E-state index in [1.807, 2.05) is 39.1 Å². The summed E-state index contributed by atoms with van der Waals surface area (Å²) in [4.78, 5) is 6.61. The molecule has 1 rings (SSSR count). The Morgan fingerprint density at radius 2 is 2.20 bits per heavy atom. The minimum absolute atomic E-state index is 0.224. The first-order valence-electron chi connectivity index (χ1n) is 5.37. The molecule has 3 nitrogen and oxygen atoms in total. The summed E-state index contributed by atoms with van der Waals surface area (Å²) in [7, 11) is 2.05. The largest absolute Gasteiger partial charge is 0.393 e. The summed E-state index contributed by atoms with van der Waals surface area (Å²) in [5.74, 6) is 0. The number of aryl methyl sites for hydroxylation is 1. The summed E-state index contributed by atoms with van der Waals surface area (Å²) in [6.07, 6.45) is 0.584. The van der Waals surface area contributed by atoms with Gasteiger partial charge in [-0.1, -0.05) is 6.07 Å². The molecule has 0 aliphatic rings. The van der Waals surface area contributed by atoms with E-state index in [9.17, 15) is 0 Å². The van der Waals surface area contributed by atoms with E-state index >= 15 is 0 Å². The fourth-order valence-electron chi connectivity index (χ4n) is 1.45. The second-order valence-electron chi connectivity index (χ2n) is 4.15. The molecule has 0 aromatic carbocycles. The first-order valence-corrected chi connectivity index (χ1v) is 5.37. The molecule has 3 heteroatoms. The van der Waals surface area contributed by atoms with Gasteiger partial charge in [-0.2, -0.15) is 0 Å². The lowest BCUT2D eigenvalue weighted by molar-refractivity contribution is 0.162. The fraction of sp³-hybridized carbons (Fsp3) is 0.583. The van der Waals surface area contributed by atoms with Crippen LogP contribution in [-0.2, 0) is 6.54 Å². The fourth-order valence-corrected chi connectivity index (χ4v) is 1.45.